The van der Waals surface area contributed by atoms with Gasteiger partial charge in [0.05, 0.1) is 12.7 Å². The van der Waals surface area contributed by atoms with E-state index < -0.39 is 5.72 Å². The summed E-state index contributed by atoms with van der Waals surface area (Å²) in [6, 6.07) is 0. The molecule has 3 rings (SSSR count). The van der Waals surface area contributed by atoms with Crippen LogP contribution in [0.1, 0.15) is 12.8 Å². The van der Waals surface area contributed by atoms with E-state index in [0.717, 1.165) is 0 Å². The Labute approximate surface area is 119 Å². The second kappa shape index (κ2) is 4.59. The first kappa shape index (κ1) is 13.1. The number of fused-ring (bicyclic) bond motifs is 1. The lowest BCUT2D eigenvalue weighted by atomic mass is 10.1. The number of aliphatic hydroxyl groups excluding tert-OH is 1. The van der Waals surface area contributed by atoms with Crippen molar-refractivity contribution in [3.63, 3.8) is 0 Å². The van der Waals surface area contributed by atoms with Crippen LogP contribution in [0.2, 0.25) is 5.15 Å². The Morgan fingerprint density at radius 1 is 1.65 bits per heavy atom. The lowest BCUT2D eigenvalue weighted by Crippen LogP contribution is -2.32. The SMILES string of the molecule is C#CC1(n2cnc3c(Cl)nc(N)nc32)CCC(CO)O1. The van der Waals surface area contributed by atoms with Crippen molar-refractivity contribution >= 4 is 28.7 Å². The maximum absolute atomic E-state index is 9.21. The first-order valence-corrected chi connectivity index (χ1v) is 6.40. The summed E-state index contributed by atoms with van der Waals surface area (Å²) in [4.78, 5) is 12.1. The van der Waals surface area contributed by atoms with Crippen LogP contribution in [0.4, 0.5) is 5.95 Å². The van der Waals surface area contributed by atoms with Crippen molar-refractivity contribution in [2.45, 2.75) is 24.7 Å². The summed E-state index contributed by atoms with van der Waals surface area (Å²) in [5, 5.41) is 9.37. The summed E-state index contributed by atoms with van der Waals surface area (Å²) in [6.07, 6.45) is 8.02. The number of hydrogen-bond acceptors (Lipinski definition) is 6. The zero-order valence-electron chi connectivity index (χ0n) is 10.5. The monoisotopic (exact) mass is 293 g/mol. The number of halogens is 1. The summed E-state index contributed by atoms with van der Waals surface area (Å²) in [5.41, 5.74) is 5.40. The lowest BCUT2D eigenvalue weighted by Gasteiger charge is -2.25. The molecule has 0 bridgehead atoms. The largest absolute Gasteiger partial charge is 0.394 e. The number of hydrogen-bond donors (Lipinski definition) is 2. The van der Waals surface area contributed by atoms with Crippen LogP contribution >= 0.6 is 11.6 Å². The molecule has 7 nitrogen and oxygen atoms in total. The summed E-state index contributed by atoms with van der Waals surface area (Å²) >= 11 is 5.99. The summed E-state index contributed by atoms with van der Waals surface area (Å²) in [6.45, 7) is -0.0893. The molecule has 0 radical (unpaired) electrons. The van der Waals surface area contributed by atoms with Gasteiger partial charge in [0.2, 0.25) is 11.7 Å². The van der Waals surface area contributed by atoms with E-state index in [-0.39, 0.29) is 23.8 Å². The van der Waals surface area contributed by atoms with Gasteiger partial charge in [-0.1, -0.05) is 11.6 Å². The third-order valence-electron chi connectivity index (χ3n) is 3.36. The lowest BCUT2D eigenvalue weighted by molar-refractivity contribution is -0.0680. The number of nitrogens with two attached hydrogens (primary N) is 1. The Morgan fingerprint density at radius 2 is 2.45 bits per heavy atom. The van der Waals surface area contributed by atoms with Crippen LogP contribution in [0.5, 0.6) is 0 Å². The predicted octanol–water partition coefficient (Wildman–Crippen LogP) is 0.519. The highest BCUT2D eigenvalue weighted by atomic mass is 35.5. The van der Waals surface area contributed by atoms with E-state index in [4.69, 9.17) is 28.5 Å². The normalized spacial score (nSPS) is 25.9. The highest BCUT2D eigenvalue weighted by Crippen LogP contribution is 2.36. The Morgan fingerprint density at radius 3 is 3.10 bits per heavy atom. The Hall–Kier alpha value is -1.88. The van der Waals surface area contributed by atoms with E-state index in [9.17, 15) is 5.11 Å². The molecule has 2 unspecified atom stereocenters. The molecule has 1 saturated heterocycles. The molecular formula is C12H12ClN5O2. The van der Waals surface area contributed by atoms with Crippen LogP contribution in [0, 0.1) is 12.3 Å². The molecule has 104 valence electrons. The van der Waals surface area contributed by atoms with Gasteiger partial charge in [-0.05, 0) is 12.3 Å². The summed E-state index contributed by atoms with van der Waals surface area (Å²) < 4.78 is 7.39. The quantitative estimate of drug-likeness (QED) is 0.618. The van der Waals surface area contributed by atoms with E-state index in [1.807, 2.05) is 0 Å². The highest BCUT2D eigenvalue weighted by molar-refractivity contribution is 6.33. The standard InChI is InChI=1S/C12H12ClN5O2/c1-2-12(4-3-7(5-19)20-12)18-6-15-8-9(13)16-11(14)17-10(8)18/h1,6-7,19H,3-5H2,(H2,14,16,17). The van der Waals surface area contributed by atoms with Crippen LogP contribution in [-0.4, -0.2) is 37.3 Å². The average molecular weight is 294 g/mol. The zero-order chi connectivity index (χ0) is 14.3. The molecule has 0 amide bonds. The van der Waals surface area contributed by atoms with Gasteiger partial charge in [0.15, 0.2) is 10.8 Å². The van der Waals surface area contributed by atoms with Gasteiger partial charge in [-0.3, -0.25) is 4.57 Å². The fourth-order valence-corrected chi connectivity index (χ4v) is 2.60. The zero-order valence-corrected chi connectivity index (χ0v) is 11.2. The van der Waals surface area contributed by atoms with Crippen molar-refractivity contribution in [1.29, 1.82) is 0 Å². The van der Waals surface area contributed by atoms with Crippen LogP contribution in [0.3, 0.4) is 0 Å². The van der Waals surface area contributed by atoms with Gasteiger partial charge in [-0.15, -0.1) is 6.42 Å². The smallest absolute Gasteiger partial charge is 0.223 e. The minimum Gasteiger partial charge on any atom is -0.394 e. The number of nitrogen functional groups attached to an aromatic ring is 1. The molecule has 0 aliphatic carbocycles. The van der Waals surface area contributed by atoms with Gasteiger partial charge < -0.3 is 15.6 Å². The third kappa shape index (κ3) is 1.81. The summed E-state index contributed by atoms with van der Waals surface area (Å²) in [5.74, 6) is 2.66. The minimum absolute atomic E-state index is 0.0353. The maximum atomic E-state index is 9.21. The molecule has 0 aromatic carbocycles. The fourth-order valence-electron chi connectivity index (χ4n) is 2.38. The molecule has 1 fully saturated rings. The molecular weight excluding hydrogens is 282 g/mol. The Balaban J connectivity index is 2.17. The molecule has 0 saturated carbocycles. The van der Waals surface area contributed by atoms with Gasteiger partial charge in [-0.2, -0.15) is 9.97 Å². The van der Waals surface area contributed by atoms with Crippen molar-refractivity contribution in [3.8, 4) is 12.3 Å². The molecule has 2 aromatic rings. The number of imidazole rings is 1. The van der Waals surface area contributed by atoms with Crippen molar-refractivity contribution < 1.29 is 9.84 Å². The molecule has 1 aliphatic heterocycles. The second-order valence-electron chi connectivity index (χ2n) is 4.55. The Kier molecular flexibility index (Phi) is 3.01. The van der Waals surface area contributed by atoms with Crippen molar-refractivity contribution in [1.82, 2.24) is 19.5 Å². The van der Waals surface area contributed by atoms with Crippen molar-refractivity contribution in [3.05, 3.63) is 11.5 Å². The summed E-state index contributed by atoms with van der Waals surface area (Å²) in [7, 11) is 0. The van der Waals surface area contributed by atoms with Gasteiger partial charge in [-0.25, -0.2) is 4.98 Å². The topological polar surface area (TPSA) is 99.1 Å². The molecule has 0 spiro atoms. The van der Waals surface area contributed by atoms with Gasteiger partial charge in [0.1, 0.15) is 11.8 Å². The molecule has 3 heterocycles. The van der Waals surface area contributed by atoms with Crippen molar-refractivity contribution in [2.75, 3.05) is 12.3 Å². The maximum Gasteiger partial charge on any atom is 0.223 e. The minimum atomic E-state index is -1.04. The molecule has 1 aliphatic rings. The number of aromatic nitrogens is 4. The van der Waals surface area contributed by atoms with E-state index in [2.05, 4.69) is 20.9 Å². The van der Waals surface area contributed by atoms with E-state index >= 15 is 0 Å². The van der Waals surface area contributed by atoms with Crippen LogP contribution < -0.4 is 5.73 Å². The molecule has 3 N–H and O–H groups in total. The number of terminal acetylenes is 1. The predicted molar refractivity (Wildman–Crippen MR) is 72.7 cm³/mol. The number of aliphatic hydroxyl groups is 1. The molecule has 2 aromatic heterocycles. The number of nitrogens with zero attached hydrogens (tertiary/aromatic N) is 4. The second-order valence-corrected chi connectivity index (χ2v) is 4.91. The average Bonchev–Trinajstić information content (AvgIpc) is 3.02. The van der Waals surface area contributed by atoms with Gasteiger partial charge in [0, 0.05) is 6.42 Å². The van der Waals surface area contributed by atoms with Crippen LogP contribution in [0.25, 0.3) is 11.2 Å². The Bertz CT molecular complexity index is 710. The number of anilines is 1. The first-order chi connectivity index (χ1) is 9.59. The van der Waals surface area contributed by atoms with E-state index in [0.29, 0.717) is 24.0 Å². The number of ether oxygens (including phenoxy) is 1. The molecule has 2 atom stereocenters. The van der Waals surface area contributed by atoms with E-state index in [1.54, 1.807) is 4.57 Å². The van der Waals surface area contributed by atoms with Crippen LogP contribution in [-0.2, 0) is 10.5 Å². The van der Waals surface area contributed by atoms with Gasteiger partial charge >= 0.3 is 0 Å². The molecule has 20 heavy (non-hydrogen) atoms. The highest BCUT2D eigenvalue weighted by Gasteiger charge is 2.41. The molecule has 8 heteroatoms. The van der Waals surface area contributed by atoms with Crippen LogP contribution in [0.15, 0.2) is 6.33 Å². The van der Waals surface area contributed by atoms with Crippen molar-refractivity contribution in [2.24, 2.45) is 0 Å². The third-order valence-corrected chi connectivity index (χ3v) is 3.62. The number of rotatable bonds is 2. The first-order valence-electron chi connectivity index (χ1n) is 6.02. The van der Waals surface area contributed by atoms with Gasteiger partial charge in [0.25, 0.3) is 0 Å². The van der Waals surface area contributed by atoms with E-state index in [1.165, 1.54) is 6.33 Å². The fraction of sp³-hybridized carbons (Fsp3) is 0.417.